The Bertz CT molecular complexity index is 1370. The molecular weight excluding hydrogens is 478 g/mol. The summed E-state index contributed by atoms with van der Waals surface area (Å²) in [6, 6.07) is 13.4. The predicted molar refractivity (Wildman–Crippen MR) is 125 cm³/mol. The Kier molecular flexibility index (Phi) is 6.30. The number of hydrogen-bond acceptors (Lipinski definition) is 7. The van der Waals surface area contributed by atoms with Crippen LogP contribution in [0, 0.1) is 10.1 Å². The molecule has 1 unspecified atom stereocenters. The number of methoxy groups -OCH3 is 1. The second kappa shape index (κ2) is 9.35. The van der Waals surface area contributed by atoms with Gasteiger partial charge in [-0.05, 0) is 36.4 Å². The number of anilines is 1. The van der Waals surface area contributed by atoms with E-state index in [1.807, 2.05) is 0 Å². The molecule has 0 fully saturated rings. The van der Waals surface area contributed by atoms with Crippen molar-refractivity contribution in [2.24, 2.45) is 0 Å². The molecule has 1 aliphatic heterocycles. The SMILES string of the molecule is COc1ccc(C(=O)C(C(=O)Nc2ccccc2Cl)N2C(=O)c3ccccc3C2=O)cc1[N+](=O)[O-]. The molecule has 35 heavy (non-hydrogen) atoms. The lowest BCUT2D eigenvalue weighted by Gasteiger charge is -2.24. The number of amides is 3. The molecule has 1 aliphatic rings. The van der Waals surface area contributed by atoms with E-state index in [0.29, 0.717) is 4.90 Å². The Morgan fingerprint density at radius 1 is 1.00 bits per heavy atom. The third-order valence-electron chi connectivity index (χ3n) is 5.37. The van der Waals surface area contributed by atoms with E-state index >= 15 is 0 Å². The smallest absolute Gasteiger partial charge is 0.311 e. The first-order chi connectivity index (χ1) is 16.7. The van der Waals surface area contributed by atoms with Gasteiger partial charge < -0.3 is 10.1 Å². The average Bonchev–Trinajstić information content (AvgIpc) is 3.10. The summed E-state index contributed by atoms with van der Waals surface area (Å²) in [4.78, 5) is 64.4. The number of nitrogens with zero attached hydrogens (tertiary/aromatic N) is 2. The fourth-order valence-corrected chi connectivity index (χ4v) is 3.89. The standard InChI is InChI=1S/C24H16ClN3O7/c1-35-19-11-10-13(12-18(19)28(33)34)21(29)20(22(30)26-17-9-5-4-8-16(17)25)27-23(31)14-6-2-3-7-15(14)24(27)32/h2-12,20H,1H3,(H,26,30). The van der Waals surface area contributed by atoms with E-state index < -0.39 is 40.2 Å². The molecule has 0 saturated heterocycles. The van der Waals surface area contributed by atoms with Crippen LogP contribution >= 0.6 is 11.6 Å². The summed E-state index contributed by atoms with van der Waals surface area (Å²) >= 11 is 6.11. The van der Waals surface area contributed by atoms with Crippen molar-refractivity contribution in [2.45, 2.75) is 6.04 Å². The van der Waals surface area contributed by atoms with Gasteiger partial charge in [-0.3, -0.25) is 34.2 Å². The minimum atomic E-state index is -1.97. The molecule has 3 aromatic carbocycles. The fraction of sp³-hybridized carbons (Fsp3) is 0.0833. The van der Waals surface area contributed by atoms with E-state index in [1.54, 1.807) is 24.3 Å². The van der Waals surface area contributed by atoms with Gasteiger partial charge >= 0.3 is 5.69 Å². The van der Waals surface area contributed by atoms with Crippen molar-refractivity contribution in [2.75, 3.05) is 12.4 Å². The van der Waals surface area contributed by atoms with Gasteiger partial charge in [0.25, 0.3) is 17.7 Å². The van der Waals surface area contributed by atoms with Crippen molar-refractivity contribution in [1.29, 1.82) is 0 Å². The second-order valence-corrected chi connectivity index (χ2v) is 7.81. The van der Waals surface area contributed by atoms with E-state index in [2.05, 4.69) is 5.32 Å². The maximum absolute atomic E-state index is 13.6. The molecule has 10 nitrogen and oxygen atoms in total. The Morgan fingerprint density at radius 3 is 2.17 bits per heavy atom. The summed E-state index contributed by atoms with van der Waals surface area (Å²) in [7, 11) is 1.22. The number of imide groups is 1. The quantitative estimate of drug-likeness (QED) is 0.174. The highest BCUT2D eigenvalue weighted by molar-refractivity contribution is 6.34. The molecule has 176 valence electrons. The van der Waals surface area contributed by atoms with E-state index in [4.69, 9.17) is 16.3 Å². The topological polar surface area (TPSA) is 136 Å². The second-order valence-electron chi connectivity index (χ2n) is 7.41. The number of ether oxygens (including phenoxy) is 1. The van der Waals surface area contributed by atoms with E-state index in [1.165, 1.54) is 43.5 Å². The lowest BCUT2D eigenvalue weighted by Crippen LogP contribution is -2.52. The average molecular weight is 494 g/mol. The number of hydrogen-bond donors (Lipinski definition) is 1. The van der Waals surface area contributed by atoms with E-state index in [-0.39, 0.29) is 33.1 Å². The number of para-hydroxylation sites is 1. The van der Waals surface area contributed by atoms with Gasteiger partial charge in [0.2, 0.25) is 0 Å². The predicted octanol–water partition coefficient (Wildman–Crippen LogP) is 3.74. The van der Waals surface area contributed by atoms with Crippen molar-refractivity contribution in [3.63, 3.8) is 0 Å². The number of nitrogens with one attached hydrogen (secondary N) is 1. The van der Waals surface area contributed by atoms with E-state index in [0.717, 1.165) is 6.07 Å². The number of carbonyl (C=O) groups excluding carboxylic acids is 4. The van der Waals surface area contributed by atoms with Crippen LogP contribution in [0.2, 0.25) is 5.02 Å². The maximum atomic E-state index is 13.6. The van der Waals surface area contributed by atoms with Crippen LogP contribution in [0.5, 0.6) is 5.75 Å². The highest BCUT2D eigenvalue weighted by Crippen LogP contribution is 2.31. The Morgan fingerprint density at radius 2 is 1.60 bits per heavy atom. The van der Waals surface area contributed by atoms with Crippen molar-refractivity contribution in [1.82, 2.24) is 4.90 Å². The van der Waals surface area contributed by atoms with Gasteiger partial charge in [-0.15, -0.1) is 0 Å². The first-order valence-electron chi connectivity index (χ1n) is 10.1. The molecule has 0 aliphatic carbocycles. The molecule has 11 heteroatoms. The van der Waals surface area contributed by atoms with Crippen LogP contribution in [0.4, 0.5) is 11.4 Å². The molecule has 3 aromatic rings. The van der Waals surface area contributed by atoms with Crippen LogP contribution in [0.3, 0.4) is 0 Å². The molecule has 0 radical (unpaired) electrons. The summed E-state index contributed by atoms with van der Waals surface area (Å²) in [5, 5.41) is 14.1. The molecule has 0 spiro atoms. The summed E-state index contributed by atoms with van der Waals surface area (Å²) in [6.07, 6.45) is 0. The van der Waals surface area contributed by atoms with Crippen molar-refractivity contribution in [3.05, 3.63) is 98.6 Å². The molecule has 4 rings (SSSR count). The summed E-state index contributed by atoms with van der Waals surface area (Å²) in [6.45, 7) is 0. The largest absolute Gasteiger partial charge is 0.490 e. The molecule has 0 aromatic heterocycles. The molecule has 1 atom stereocenters. The van der Waals surface area contributed by atoms with Crippen LogP contribution < -0.4 is 10.1 Å². The normalized spacial score (nSPS) is 13.3. The van der Waals surface area contributed by atoms with Crippen molar-refractivity contribution < 1.29 is 28.8 Å². The zero-order valence-electron chi connectivity index (χ0n) is 18.1. The van der Waals surface area contributed by atoms with Crippen LogP contribution in [0.1, 0.15) is 31.1 Å². The molecule has 0 saturated carbocycles. The maximum Gasteiger partial charge on any atom is 0.311 e. The number of Topliss-reactive ketones (excluding diaryl/α,β-unsaturated/α-hetero) is 1. The van der Waals surface area contributed by atoms with E-state index in [9.17, 15) is 29.3 Å². The van der Waals surface area contributed by atoms with Gasteiger partial charge in [0.15, 0.2) is 17.6 Å². The molecule has 0 bridgehead atoms. The highest BCUT2D eigenvalue weighted by atomic mass is 35.5. The van der Waals surface area contributed by atoms with Crippen molar-refractivity contribution >= 4 is 46.5 Å². The number of fused-ring (bicyclic) bond motifs is 1. The molecular formula is C24H16ClN3O7. The first-order valence-corrected chi connectivity index (χ1v) is 10.5. The van der Waals surface area contributed by atoms with Gasteiger partial charge in [-0.25, -0.2) is 0 Å². The van der Waals surface area contributed by atoms with Gasteiger partial charge in [0.1, 0.15) is 0 Å². The highest BCUT2D eigenvalue weighted by Gasteiger charge is 2.46. The summed E-state index contributed by atoms with van der Waals surface area (Å²) in [5.41, 5.74) is -0.586. The number of nitro groups is 1. The lowest BCUT2D eigenvalue weighted by molar-refractivity contribution is -0.385. The third kappa shape index (κ3) is 4.22. The van der Waals surface area contributed by atoms with Crippen LogP contribution in [0.15, 0.2) is 66.7 Å². The van der Waals surface area contributed by atoms with Crippen LogP contribution in [-0.2, 0) is 4.79 Å². The molecule has 1 heterocycles. The zero-order chi connectivity index (χ0) is 25.3. The number of nitro benzene ring substituents is 1. The Balaban J connectivity index is 1.80. The number of ketones is 1. The Labute approximate surface area is 203 Å². The number of benzene rings is 3. The van der Waals surface area contributed by atoms with Gasteiger partial charge in [0, 0.05) is 11.6 Å². The number of carbonyl (C=O) groups is 4. The van der Waals surface area contributed by atoms with Crippen LogP contribution in [-0.4, -0.2) is 46.5 Å². The zero-order valence-corrected chi connectivity index (χ0v) is 18.8. The lowest BCUT2D eigenvalue weighted by atomic mass is 10.0. The monoisotopic (exact) mass is 493 g/mol. The first kappa shape index (κ1) is 23.6. The molecule has 3 amide bonds. The van der Waals surface area contributed by atoms with Gasteiger partial charge in [-0.2, -0.15) is 0 Å². The minimum Gasteiger partial charge on any atom is -0.490 e. The summed E-state index contributed by atoms with van der Waals surface area (Å²) in [5.74, 6) is -3.82. The van der Waals surface area contributed by atoms with Crippen molar-refractivity contribution in [3.8, 4) is 5.75 Å². The number of halogens is 1. The third-order valence-corrected chi connectivity index (χ3v) is 5.70. The fourth-order valence-electron chi connectivity index (χ4n) is 3.70. The number of rotatable bonds is 7. The Hall–Kier alpha value is -4.57. The van der Waals surface area contributed by atoms with Crippen LogP contribution in [0.25, 0.3) is 0 Å². The summed E-state index contributed by atoms with van der Waals surface area (Å²) < 4.78 is 4.95. The minimum absolute atomic E-state index is 0.0292. The van der Waals surface area contributed by atoms with Gasteiger partial charge in [0.05, 0.1) is 33.9 Å². The van der Waals surface area contributed by atoms with Gasteiger partial charge in [-0.1, -0.05) is 35.9 Å². The molecule has 1 N–H and O–H groups in total.